The lowest BCUT2D eigenvalue weighted by Gasteiger charge is -2.24. The van der Waals surface area contributed by atoms with Gasteiger partial charge in [0.2, 0.25) is 0 Å². The number of aromatic nitrogens is 2. The van der Waals surface area contributed by atoms with Crippen molar-refractivity contribution in [3.05, 3.63) is 52.9 Å². The molecule has 0 saturated carbocycles. The number of H-pyrrole nitrogens is 1. The second kappa shape index (κ2) is 9.92. The second-order valence-corrected chi connectivity index (χ2v) is 8.47. The van der Waals surface area contributed by atoms with Crippen molar-refractivity contribution in [3.63, 3.8) is 0 Å². The predicted octanol–water partition coefficient (Wildman–Crippen LogP) is 3.14. The van der Waals surface area contributed by atoms with Crippen LogP contribution in [0, 0.1) is 0 Å². The van der Waals surface area contributed by atoms with Gasteiger partial charge in [0.25, 0.3) is 5.91 Å². The van der Waals surface area contributed by atoms with Gasteiger partial charge in [-0.25, -0.2) is 0 Å². The highest BCUT2D eigenvalue weighted by atomic mass is 35.5. The summed E-state index contributed by atoms with van der Waals surface area (Å²) in [5.74, 6) is 0.941. The number of nitrogens with one attached hydrogen (secondary N) is 4. The van der Waals surface area contributed by atoms with Crippen LogP contribution in [0.15, 0.2) is 36.7 Å². The molecule has 1 aromatic carbocycles. The molecule has 0 radical (unpaired) electrons. The number of anilines is 2. The Morgan fingerprint density at radius 1 is 1.29 bits per heavy atom. The fraction of sp³-hybridized carbons (Fsp3) is 0.333. The van der Waals surface area contributed by atoms with Gasteiger partial charge >= 0.3 is 0 Å². The van der Waals surface area contributed by atoms with Gasteiger partial charge in [-0.2, -0.15) is 0 Å². The minimum Gasteiger partial charge on any atom is -0.493 e. The second-order valence-electron chi connectivity index (χ2n) is 8.06. The molecule has 3 aromatic rings. The number of morpholine rings is 1. The molecule has 2 aromatic heterocycles. The minimum atomic E-state index is -0.148. The maximum absolute atomic E-state index is 12.9. The van der Waals surface area contributed by atoms with Crippen LogP contribution in [0.2, 0.25) is 5.02 Å². The van der Waals surface area contributed by atoms with E-state index in [0.717, 1.165) is 30.0 Å². The molecule has 1 amide bonds. The molecule has 9 nitrogen and oxygen atoms in total. The van der Waals surface area contributed by atoms with Crippen molar-refractivity contribution >= 4 is 28.9 Å². The molecular weight excluding hydrogens is 458 g/mol. The number of para-hydroxylation sites is 1. The van der Waals surface area contributed by atoms with E-state index < -0.39 is 0 Å². The van der Waals surface area contributed by atoms with Crippen LogP contribution in [0.5, 0.6) is 11.5 Å². The number of benzene rings is 1. The van der Waals surface area contributed by atoms with E-state index in [1.165, 1.54) is 0 Å². The Balaban J connectivity index is 1.55. The lowest BCUT2D eigenvalue weighted by Crippen LogP contribution is -2.41. The number of carbonyl (C=O) groups is 1. The number of halogens is 1. The summed E-state index contributed by atoms with van der Waals surface area (Å²) in [4.78, 5) is 20.6. The summed E-state index contributed by atoms with van der Waals surface area (Å²) in [6.07, 6.45) is 4.02. The van der Waals surface area contributed by atoms with Gasteiger partial charge in [-0.05, 0) is 18.2 Å². The topological polar surface area (TPSA) is 110 Å². The number of fused-ring (bicyclic) bond motifs is 1. The van der Waals surface area contributed by atoms with Gasteiger partial charge in [-0.15, -0.1) is 0 Å². The van der Waals surface area contributed by atoms with Crippen LogP contribution in [0.4, 0.5) is 11.4 Å². The number of ether oxygens (including phenoxy) is 3. The lowest BCUT2D eigenvalue weighted by atomic mass is 10.0. The lowest BCUT2D eigenvalue weighted by molar-refractivity contribution is 0.000245. The molecule has 0 unspecified atom stereocenters. The first-order valence-electron chi connectivity index (χ1n) is 11.2. The molecule has 0 aliphatic carbocycles. The zero-order valence-corrected chi connectivity index (χ0v) is 19.5. The Hall–Kier alpha value is -3.27. The molecule has 10 heteroatoms. The maximum atomic E-state index is 12.9. The van der Waals surface area contributed by atoms with Crippen molar-refractivity contribution in [3.8, 4) is 22.8 Å². The average Bonchev–Trinajstić information content (AvgIpc) is 3.23. The Labute approximate surface area is 202 Å². The highest BCUT2D eigenvalue weighted by Crippen LogP contribution is 2.42. The van der Waals surface area contributed by atoms with Gasteiger partial charge in [-0.3, -0.25) is 9.78 Å². The number of nitrogens with zero attached hydrogens (tertiary/aromatic N) is 1. The van der Waals surface area contributed by atoms with E-state index in [9.17, 15) is 4.79 Å². The summed E-state index contributed by atoms with van der Waals surface area (Å²) in [7, 11) is 1.56. The van der Waals surface area contributed by atoms with Crippen molar-refractivity contribution in [1.29, 1.82) is 0 Å². The molecule has 1 saturated heterocycles. The highest BCUT2D eigenvalue weighted by molar-refractivity contribution is 6.32. The van der Waals surface area contributed by atoms with E-state index in [1.54, 1.807) is 25.6 Å². The van der Waals surface area contributed by atoms with Crippen LogP contribution in [0.25, 0.3) is 11.3 Å². The van der Waals surface area contributed by atoms with Gasteiger partial charge in [-0.1, -0.05) is 17.7 Å². The molecule has 4 heterocycles. The van der Waals surface area contributed by atoms with E-state index in [2.05, 4.69) is 25.9 Å². The molecule has 34 heavy (non-hydrogen) atoms. The van der Waals surface area contributed by atoms with Crippen LogP contribution >= 0.6 is 11.6 Å². The largest absolute Gasteiger partial charge is 0.493 e. The quantitative estimate of drug-likeness (QED) is 0.408. The van der Waals surface area contributed by atoms with Crippen LogP contribution in [-0.4, -0.2) is 61.9 Å². The number of methoxy groups -OCH3 is 1. The normalized spacial score (nSPS) is 17.6. The molecule has 1 fully saturated rings. The Kier molecular flexibility index (Phi) is 6.57. The first kappa shape index (κ1) is 22.5. The molecule has 2 aliphatic rings. The van der Waals surface area contributed by atoms with Crippen molar-refractivity contribution in [2.45, 2.75) is 12.5 Å². The molecule has 4 N–H and O–H groups in total. The average molecular weight is 484 g/mol. The van der Waals surface area contributed by atoms with E-state index >= 15 is 0 Å². The van der Waals surface area contributed by atoms with Gasteiger partial charge < -0.3 is 35.1 Å². The van der Waals surface area contributed by atoms with Crippen molar-refractivity contribution in [1.82, 2.24) is 20.6 Å². The third-order valence-corrected chi connectivity index (χ3v) is 6.18. The van der Waals surface area contributed by atoms with Gasteiger partial charge in [0.05, 0.1) is 47.6 Å². The summed E-state index contributed by atoms with van der Waals surface area (Å²) in [6, 6.07) is 7.30. The van der Waals surface area contributed by atoms with Crippen LogP contribution in [0.1, 0.15) is 16.1 Å². The van der Waals surface area contributed by atoms with E-state index in [4.69, 9.17) is 25.8 Å². The Morgan fingerprint density at radius 2 is 2.21 bits per heavy atom. The first-order valence-corrected chi connectivity index (χ1v) is 11.6. The third-order valence-electron chi connectivity index (χ3n) is 5.88. The minimum absolute atomic E-state index is 0.0438. The molecule has 1 atom stereocenters. The van der Waals surface area contributed by atoms with Crippen LogP contribution in [0.3, 0.4) is 0 Å². The number of rotatable bonds is 7. The summed E-state index contributed by atoms with van der Waals surface area (Å²) >= 11 is 6.34. The zero-order valence-electron chi connectivity index (χ0n) is 18.7. The smallest absolute Gasteiger partial charge is 0.255 e. The molecule has 178 valence electrons. The number of carbonyl (C=O) groups excluding carboxylic acids is 1. The Bertz CT molecular complexity index is 1190. The molecule has 0 spiro atoms. The van der Waals surface area contributed by atoms with E-state index in [-0.39, 0.29) is 12.0 Å². The van der Waals surface area contributed by atoms with E-state index in [0.29, 0.717) is 59.6 Å². The summed E-state index contributed by atoms with van der Waals surface area (Å²) in [5.41, 5.74) is 4.19. The monoisotopic (exact) mass is 483 g/mol. The summed E-state index contributed by atoms with van der Waals surface area (Å²) < 4.78 is 17.4. The molecule has 0 bridgehead atoms. The number of hydrogen-bond donors (Lipinski definition) is 4. The summed E-state index contributed by atoms with van der Waals surface area (Å²) in [5, 5.41) is 10.1. The first-order chi connectivity index (χ1) is 16.7. The fourth-order valence-corrected chi connectivity index (χ4v) is 4.52. The van der Waals surface area contributed by atoms with Crippen LogP contribution < -0.4 is 25.4 Å². The van der Waals surface area contributed by atoms with Crippen molar-refractivity contribution in [2.75, 3.05) is 45.3 Å². The van der Waals surface area contributed by atoms with Gasteiger partial charge in [0.15, 0.2) is 5.75 Å². The fourth-order valence-electron chi connectivity index (χ4n) is 4.27. The third kappa shape index (κ3) is 4.42. The van der Waals surface area contributed by atoms with Gasteiger partial charge in [0, 0.05) is 43.5 Å². The van der Waals surface area contributed by atoms with Crippen molar-refractivity contribution < 1.29 is 19.0 Å². The van der Waals surface area contributed by atoms with E-state index in [1.807, 2.05) is 18.2 Å². The maximum Gasteiger partial charge on any atom is 0.255 e. The number of pyridine rings is 1. The standard InChI is InChI=1S/C24H26ClN5O4/c1-32-23-16(25)3-2-4-18(23)30-22-20-17(6-8-28-24(20)31)29-21(22)15-5-7-26-12-19(15)34-13-14-11-27-9-10-33-14/h2-5,7,12,14,27,29-30H,6,8-11,13H2,1H3,(H,28,31)/t14-/m1/s1. The van der Waals surface area contributed by atoms with Crippen molar-refractivity contribution in [2.24, 2.45) is 0 Å². The predicted molar refractivity (Wildman–Crippen MR) is 129 cm³/mol. The zero-order chi connectivity index (χ0) is 23.5. The highest BCUT2D eigenvalue weighted by Gasteiger charge is 2.29. The Morgan fingerprint density at radius 3 is 3.03 bits per heavy atom. The molecule has 5 rings (SSSR count). The number of hydrogen-bond acceptors (Lipinski definition) is 7. The SMILES string of the molecule is COc1c(Cl)cccc1Nc1c(-c2ccncc2OC[C@H]2CNCCO2)[nH]c2c1C(=O)NCC2. The summed E-state index contributed by atoms with van der Waals surface area (Å²) in [6.45, 7) is 3.18. The van der Waals surface area contributed by atoms with Crippen LogP contribution in [-0.2, 0) is 11.2 Å². The molecule has 2 aliphatic heterocycles. The number of aromatic amines is 1. The van der Waals surface area contributed by atoms with Gasteiger partial charge in [0.1, 0.15) is 18.5 Å². The molecular formula is C24H26ClN5O4. The number of amides is 1.